The number of ether oxygens (including phenoxy) is 1. The van der Waals surface area contributed by atoms with E-state index in [1.165, 1.54) is 24.8 Å². The number of nitrogens with one attached hydrogen (secondary N) is 2. The number of carbonyl (C=O) groups excluding carboxylic acids is 2. The molecule has 2 amide bonds. The SMILES string of the molecule is CC(C)C1Oc2ccccc2C(C(=O)NC2CCCCC2)N(CCNc2ccc([N+](=O)[O-])cn2)C1=O. The minimum absolute atomic E-state index is 0.0995. The second kappa shape index (κ2) is 11.4. The lowest BCUT2D eigenvalue weighted by molar-refractivity contribution is -0.385. The van der Waals surface area contributed by atoms with Crippen molar-refractivity contribution in [1.29, 1.82) is 0 Å². The van der Waals surface area contributed by atoms with Crippen LogP contribution in [0.25, 0.3) is 0 Å². The van der Waals surface area contributed by atoms with Crippen LogP contribution < -0.4 is 15.4 Å². The highest BCUT2D eigenvalue weighted by molar-refractivity contribution is 5.92. The summed E-state index contributed by atoms with van der Waals surface area (Å²) in [5.74, 6) is 0.439. The van der Waals surface area contributed by atoms with Crippen LogP contribution in [0.4, 0.5) is 11.5 Å². The Morgan fingerprint density at radius 1 is 1.19 bits per heavy atom. The van der Waals surface area contributed by atoms with Gasteiger partial charge in [-0.3, -0.25) is 19.7 Å². The van der Waals surface area contributed by atoms with Crippen molar-refractivity contribution in [2.24, 2.45) is 5.92 Å². The van der Waals surface area contributed by atoms with E-state index in [9.17, 15) is 19.7 Å². The fourth-order valence-electron chi connectivity index (χ4n) is 4.83. The van der Waals surface area contributed by atoms with Crippen molar-refractivity contribution in [3.8, 4) is 5.75 Å². The van der Waals surface area contributed by atoms with Gasteiger partial charge in [-0.25, -0.2) is 4.98 Å². The Hall–Kier alpha value is -3.69. The van der Waals surface area contributed by atoms with Gasteiger partial charge in [0, 0.05) is 30.8 Å². The first-order valence-electron chi connectivity index (χ1n) is 12.6. The Kier molecular flexibility index (Phi) is 8.02. The topological polar surface area (TPSA) is 127 Å². The fourth-order valence-corrected chi connectivity index (χ4v) is 4.83. The molecule has 0 radical (unpaired) electrons. The van der Waals surface area contributed by atoms with Crippen molar-refractivity contribution in [3.05, 3.63) is 58.3 Å². The summed E-state index contributed by atoms with van der Waals surface area (Å²) in [6, 6.07) is 9.50. The molecule has 2 heterocycles. The number of anilines is 1. The van der Waals surface area contributed by atoms with E-state index >= 15 is 0 Å². The number of benzene rings is 1. The maximum Gasteiger partial charge on any atom is 0.287 e. The molecule has 1 fully saturated rings. The molecule has 1 aromatic carbocycles. The van der Waals surface area contributed by atoms with Gasteiger partial charge < -0.3 is 20.3 Å². The second-order valence-electron chi connectivity index (χ2n) is 9.68. The van der Waals surface area contributed by atoms with Crippen LogP contribution in [-0.2, 0) is 9.59 Å². The summed E-state index contributed by atoms with van der Waals surface area (Å²) in [7, 11) is 0. The van der Waals surface area contributed by atoms with E-state index in [1.54, 1.807) is 11.0 Å². The number of nitrogens with zero attached hydrogens (tertiary/aromatic N) is 3. The molecule has 2 aliphatic rings. The van der Waals surface area contributed by atoms with Gasteiger partial charge in [-0.1, -0.05) is 51.3 Å². The number of para-hydroxylation sites is 1. The summed E-state index contributed by atoms with van der Waals surface area (Å²) >= 11 is 0. The van der Waals surface area contributed by atoms with E-state index in [-0.39, 0.29) is 36.0 Å². The number of pyridine rings is 1. The van der Waals surface area contributed by atoms with Crippen molar-refractivity contribution in [2.45, 2.75) is 64.1 Å². The standard InChI is InChI=1S/C26H33N5O5/c1-17(2)24-26(33)30(15-14-27-22-13-12-19(16-28-22)31(34)35)23(20-10-6-7-11-21(20)36-24)25(32)29-18-8-4-3-5-9-18/h6-7,10-13,16-18,23-24H,3-5,8-9,14-15H2,1-2H3,(H,27,28)(H,29,32). The number of aromatic nitrogens is 1. The van der Waals surface area contributed by atoms with Gasteiger partial charge in [-0.05, 0) is 30.9 Å². The predicted octanol–water partition coefficient (Wildman–Crippen LogP) is 3.84. The zero-order valence-electron chi connectivity index (χ0n) is 20.7. The Labute approximate surface area is 210 Å². The summed E-state index contributed by atoms with van der Waals surface area (Å²) in [6.45, 7) is 4.37. The average Bonchev–Trinajstić information content (AvgIpc) is 2.99. The van der Waals surface area contributed by atoms with Crippen molar-refractivity contribution < 1.29 is 19.2 Å². The first kappa shape index (κ1) is 25.4. The Bertz CT molecular complexity index is 1080. The largest absolute Gasteiger partial charge is 0.480 e. The van der Waals surface area contributed by atoms with Crippen molar-refractivity contribution in [1.82, 2.24) is 15.2 Å². The van der Waals surface area contributed by atoms with E-state index in [2.05, 4.69) is 15.6 Å². The summed E-state index contributed by atoms with van der Waals surface area (Å²) < 4.78 is 6.16. The minimum Gasteiger partial charge on any atom is -0.480 e. The fraction of sp³-hybridized carbons (Fsp3) is 0.500. The van der Waals surface area contributed by atoms with Crippen molar-refractivity contribution in [2.75, 3.05) is 18.4 Å². The van der Waals surface area contributed by atoms with Gasteiger partial charge in [0.1, 0.15) is 23.8 Å². The molecule has 2 N–H and O–H groups in total. The lowest BCUT2D eigenvalue weighted by Gasteiger charge is -2.33. The monoisotopic (exact) mass is 495 g/mol. The molecule has 10 nitrogen and oxygen atoms in total. The number of carbonyl (C=O) groups is 2. The third-order valence-electron chi connectivity index (χ3n) is 6.73. The molecule has 2 atom stereocenters. The van der Waals surface area contributed by atoms with Crippen LogP contribution in [0.2, 0.25) is 0 Å². The molecule has 192 valence electrons. The van der Waals surface area contributed by atoms with Crippen LogP contribution >= 0.6 is 0 Å². The van der Waals surface area contributed by atoms with E-state index in [1.807, 2.05) is 32.0 Å². The van der Waals surface area contributed by atoms with E-state index in [0.29, 0.717) is 23.7 Å². The molecule has 2 unspecified atom stereocenters. The zero-order chi connectivity index (χ0) is 25.7. The van der Waals surface area contributed by atoms with Gasteiger partial charge in [-0.15, -0.1) is 0 Å². The maximum absolute atomic E-state index is 13.7. The molecule has 1 saturated carbocycles. The summed E-state index contributed by atoms with van der Waals surface area (Å²) in [6.07, 6.45) is 5.67. The molecule has 2 aromatic rings. The molecule has 4 rings (SSSR count). The Balaban J connectivity index is 1.59. The number of fused-ring (bicyclic) bond motifs is 1. The van der Waals surface area contributed by atoms with Crippen LogP contribution in [-0.4, -0.2) is 51.9 Å². The Morgan fingerprint density at radius 3 is 2.61 bits per heavy atom. The quantitative estimate of drug-likeness (QED) is 0.421. The zero-order valence-corrected chi connectivity index (χ0v) is 20.7. The molecular formula is C26H33N5O5. The molecule has 1 aromatic heterocycles. The highest BCUT2D eigenvalue weighted by atomic mass is 16.6. The number of nitro groups is 1. The molecule has 0 bridgehead atoms. The summed E-state index contributed by atoms with van der Waals surface area (Å²) in [5.41, 5.74) is 0.562. The lowest BCUT2D eigenvalue weighted by atomic mass is 9.94. The Morgan fingerprint density at radius 2 is 1.94 bits per heavy atom. The molecule has 0 spiro atoms. The third kappa shape index (κ3) is 5.75. The summed E-state index contributed by atoms with van der Waals surface area (Å²) in [4.78, 5) is 43.5. The van der Waals surface area contributed by atoms with E-state index < -0.39 is 17.1 Å². The van der Waals surface area contributed by atoms with Gasteiger partial charge in [0.25, 0.3) is 11.6 Å². The molecule has 10 heteroatoms. The van der Waals surface area contributed by atoms with Gasteiger partial charge in [0.15, 0.2) is 6.10 Å². The normalized spacial score (nSPS) is 20.3. The minimum atomic E-state index is -0.828. The van der Waals surface area contributed by atoms with Crippen LogP contribution in [0, 0.1) is 16.0 Å². The summed E-state index contributed by atoms with van der Waals surface area (Å²) in [5, 5.41) is 17.2. The van der Waals surface area contributed by atoms with E-state index in [4.69, 9.17) is 4.74 Å². The van der Waals surface area contributed by atoms with Gasteiger partial charge in [0.2, 0.25) is 5.91 Å². The first-order valence-corrected chi connectivity index (χ1v) is 12.6. The highest BCUT2D eigenvalue weighted by Crippen LogP contribution is 2.36. The van der Waals surface area contributed by atoms with Gasteiger partial charge in [0.05, 0.1) is 4.92 Å². The lowest BCUT2D eigenvalue weighted by Crippen LogP contribution is -2.51. The molecule has 36 heavy (non-hydrogen) atoms. The average molecular weight is 496 g/mol. The van der Waals surface area contributed by atoms with Crippen LogP contribution in [0.1, 0.15) is 57.6 Å². The van der Waals surface area contributed by atoms with Crippen LogP contribution in [0.3, 0.4) is 0 Å². The second-order valence-corrected chi connectivity index (χ2v) is 9.68. The molecule has 1 aliphatic heterocycles. The number of hydrogen-bond donors (Lipinski definition) is 2. The van der Waals surface area contributed by atoms with Crippen molar-refractivity contribution in [3.63, 3.8) is 0 Å². The smallest absolute Gasteiger partial charge is 0.287 e. The number of amides is 2. The van der Waals surface area contributed by atoms with Crippen LogP contribution in [0.15, 0.2) is 42.6 Å². The molecule has 1 aliphatic carbocycles. The third-order valence-corrected chi connectivity index (χ3v) is 6.73. The van der Waals surface area contributed by atoms with E-state index in [0.717, 1.165) is 25.7 Å². The number of hydrogen-bond acceptors (Lipinski definition) is 7. The van der Waals surface area contributed by atoms with Crippen molar-refractivity contribution >= 4 is 23.3 Å². The van der Waals surface area contributed by atoms with Gasteiger partial charge in [-0.2, -0.15) is 0 Å². The van der Waals surface area contributed by atoms with Crippen LogP contribution in [0.5, 0.6) is 5.75 Å². The first-order chi connectivity index (χ1) is 17.3. The highest BCUT2D eigenvalue weighted by Gasteiger charge is 2.42. The van der Waals surface area contributed by atoms with Gasteiger partial charge >= 0.3 is 0 Å². The predicted molar refractivity (Wildman–Crippen MR) is 135 cm³/mol. The maximum atomic E-state index is 13.7. The molecule has 0 saturated heterocycles. The molecular weight excluding hydrogens is 462 g/mol. The number of rotatable bonds is 8.